The van der Waals surface area contributed by atoms with Gasteiger partial charge in [0.15, 0.2) is 11.6 Å². The van der Waals surface area contributed by atoms with Gasteiger partial charge in [0, 0.05) is 12.0 Å². The summed E-state index contributed by atoms with van der Waals surface area (Å²) in [4.78, 5) is 37.4. The minimum absolute atomic E-state index is 0.0600. The normalized spacial score (nSPS) is 11.7. The van der Waals surface area contributed by atoms with Crippen LogP contribution in [0, 0.1) is 5.92 Å². The van der Waals surface area contributed by atoms with E-state index in [-0.39, 0.29) is 31.0 Å². The van der Waals surface area contributed by atoms with Crippen molar-refractivity contribution in [3.8, 4) is 0 Å². The van der Waals surface area contributed by atoms with E-state index in [1.165, 1.54) is 11.3 Å². The molecule has 1 aromatic carbocycles. The van der Waals surface area contributed by atoms with Gasteiger partial charge in [0.05, 0.1) is 11.5 Å². The summed E-state index contributed by atoms with van der Waals surface area (Å²) in [5, 5.41) is 1.82. The summed E-state index contributed by atoms with van der Waals surface area (Å²) in [6.45, 7) is 1.90. The highest BCUT2D eigenvalue weighted by atomic mass is 32.1. The Labute approximate surface area is 139 Å². The Hall–Kier alpha value is -2.27. The van der Waals surface area contributed by atoms with E-state index in [2.05, 4.69) is 0 Å². The second-order valence-corrected chi connectivity index (χ2v) is 5.92. The smallest absolute Gasteiger partial charge is 0.316 e. The zero-order valence-corrected chi connectivity index (χ0v) is 13.7. The SMILES string of the molecule is CCOC(=O)C(CCC(=O)c1cccs1)C(=O)c1ccccc1. The summed E-state index contributed by atoms with van der Waals surface area (Å²) in [6, 6.07) is 12.2. The Kier molecular flexibility index (Phi) is 6.23. The number of ketones is 2. The third kappa shape index (κ3) is 4.60. The predicted molar refractivity (Wildman–Crippen MR) is 88.8 cm³/mol. The van der Waals surface area contributed by atoms with Gasteiger partial charge in [-0.15, -0.1) is 11.3 Å². The largest absolute Gasteiger partial charge is 0.465 e. The molecule has 2 rings (SSSR count). The molecule has 4 nitrogen and oxygen atoms in total. The van der Waals surface area contributed by atoms with Gasteiger partial charge in [-0.2, -0.15) is 0 Å². The standard InChI is InChI=1S/C18H18O4S/c1-2-22-18(21)14(17(20)13-7-4-3-5-8-13)10-11-15(19)16-9-6-12-23-16/h3-9,12,14H,2,10-11H2,1H3. The van der Waals surface area contributed by atoms with E-state index in [9.17, 15) is 14.4 Å². The molecule has 1 atom stereocenters. The zero-order chi connectivity index (χ0) is 16.7. The van der Waals surface area contributed by atoms with Crippen LogP contribution in [0.4, 0.5) is 0 Å². The molecule has 0 radical (unpaired) electrons. The predicted octanol–water partition coefficient (Wildman–Crippen LogP) is 3.77. The van der Waals surface area contributed by atoms with Gasteiger partial charge in [-0.25, -0.2) is 0 Å². The van der Waals surface area contributed by atoms with E-state index in [1.807, 2.05) is 5.38 Å². The van der Waals surface area contributed by atoms with Crippen LogP contribution < -0.4 is 0 Å². The Morgan fingerprint density at radius 1 is 1.09 bits per heavy atom. The van der Waals surface area contributed by atoms with E-state index in [1.54, 1.807) is 49.4 Å². The monoisotopic (exact) mass is 330 g/mol. The molecule has 0 spiro atoms. The Balaban J connectivity index is 2.10. The van der Waals surface area contributed by atoms with Crippen LogP contribution in [0.15, 0.2) is 47.8 Å². The van der Waals surface area contributed by atoms with E-state index in [0.717, 1.165) is 0 Å². The molecule has 0 amide bonds. The first-order valence-electron chi connectivity index (χ1n) is 7.46. The average molecular weight is 330 g/mol. The number of carbonyl (C=O) groups is 3. The van der Waals surface area contributed by atoms with Crippen molar-refractivity contribution in [1.29, 1.82) is 0 Å². The summed E-state index contributed by atoms with van der Waals surface area (Å²) in [7, 11) is 0. The first-order valence-corrected chi connectivity index (χ1v) is 8.34. The fourth-order valence-electron chi connectivity index (χ4n) is 2.24. The van der Waals surface area contributed by atoms with Crippen molar-refractivity contribution in [2.75, 3.05) is 6.61 Å². The summed E-state index contributed by atoms with van der Waals surface area (Å²) in [5.41, 5.74) is 0.453. The number of benzene rings is 1. The minimum atomic E-state index is -0.943. The number of ether oxygens (including phenoxy) is 1. The molecule has 0 bridgehead atoms. The van der Waals surface area contributed by atoms with Crippen molar-refractivity contribution in [2.45, 2.75) is 19.8 Å². The molecular weight excluding hydrogens is 312 g/mol. The number of thiophene rings is 1. The van der Waals surface area contributed by atoms with Crippen molar-refractivity contribution in [2.24, 2.45) is 5.92 Å². The van der Waals surface area contributed by atoms with Crippen LogP contribution >= 0.6 is 11.3 Å². The van der Waals surface area contributed by atoms with E-state index in [0.29, 0.717) is 10.4 Å². The van der Waals surface area contributed by atoms with E-state index in [4.69, 9.17) is 4.74 Å². The maximum atomic E-state index is 12.6. The number of hydrogen-bond donors (Lipinski definition) is 0. The van der Waals surface area contributed by atoms with Crippen LogP contribution in [0.3, 0.4) is 0 Å². The van der Waals surface area contributed by atoms with Crippen molar-refractivity contribution in [3.63, 3.8) is 0 Å². The van der Waals surface area contributed by atoms with Crippen LogP contribution in [-0.4, -0.2) is 24.1 Å². The lowest BCUT2D eigenvalue weighted by atomic mass is 9.92. The van der Waals surface area contributed by atoms with Gasteiger partial charge in [0.2, 0.25) is 0 Å². The van der Waals surface area contributed by atoms with Gasteiger partial charge in [-0.3, -0.25) is 14.4 Å². The number of carbonyl (C=O) groups excluding carboxylic acids is 3. The van der Waals surface area contributed by atoms with Crippen LogP contribution in [0.1, 0.15) is 39.8 Å². The summed E-state index contributed by atoms with van der Waals surface area (Å²) >= 11 is 1.36. The molecule has 0 aliphatic rings. The van der Waals surface area contributed by atoms with Gasteiger partial charge >= 0.3 is 5.97 Å². The second kappa shape index (κ2) is 8.39. The molecular formula is C18H18O4S. The Morgan fingerprint density at radius 2 is 1.83 bits per heavy atom. The molecule has 1 heterocycles. The van der Waals surface area contributed by atoms with Crippen LogP contribution in [0.25, 0.3) is 0 Å². The Bertz CT molecular complexity index is 662. The quantitative estimate of drug-likeness (QED) is 0.420. The number of hydrogen-bond acceptors (Lipinski definition) is 5. The number of esters is 1. The van der Waals surface area contributed by atoms with E-state index < -0.39 is 11.9 Å². The maximum Gasteiger partial charge on any atom is 0.316 e. The fourth-order valence-corrected chi connectivity index (χ4v) is 2.93. The summed E-state index contributed by atoms with van der Waals surface area (Å²) < 4.78 is 5.00. The van der Waals surface area contributed by atoms with Crippen molar-refractivity contribution in [3.05, 3.63) is 58.3 Å². The van der Waals surface area contributed by atoms with Gasteiger partial charge in [0.25, 0.3) is 0 Å². The lowest BCUT2D eigenvalue weighted by Crippen LogP contribution is -2.27. The molecule has 120 valence electrons. The van der Waals surface area contributed by atoms with Gasteiger partial charge in [-0.1, -0.05) is 36.4 Å². The van der Waals surface area contributed by atoms with Gasteiger partial charge in [-0.05, 0) is 24.8 Å². The third-order valence-electron chi connectivity index (χ3n) is 3.40. The molecule has 0 aliphatic carbocycles. The van der Waals surface area contributed by atoms with Crippen molar-refractivity contribution in [1.82, 2.24) is 0 Å². The molecule has 0 saturated carbocycles. The Morgan fingerprint density at radius 3 is 2.43 bits per heavy atom. The second-order valence-electron chi connectivity index (χ2n) is 4.97. The van der Waals surface area contributed by atoms with Gasteiger partial charge < -0.3 is 4.74 Å². The number of Topliss-reactive ketones (excluding diaryl/α,β-unsaturated/α-hetero) is 2. The zero-order valence-electron chi connectivity index (χ0n) is 12.9. The molecule has 0 aliphatic heterocycles. The van der Waals surface area contributed by atoms with Crippen molar-refractivity contribution < 1.29 is 19.1 Å². The topological polar surface area (TPSA) is 60.4 Å². The molecule has 2 aromatic rings. The first-order chi connectivity index (χ1) is 11.1. The summed E-state index contributed by atoms with van der Waals surface area (Å²) in [6.07, 6.45) is 0.297. The third-order valence-corrected chi connectivity index (χ3v) is 4.31. The molecule has 1 aromatic heterocycles. The highest BCUT2D eigenvalue weighted by Crippen LogP contribution is 2.19. The first kappa shape index (κ1) is 17.1. The molecule has 23 heavy (non-hydrogen) atoms. The van der Waals surface area contributed by atoms with Crippen LogP contribution in [0.5, 0.6) is 0 Å². The maximum absolute atomic E-state index is 12.6. The lowest BCUT2D eigenvalue weighted by molar-refractivity contribution is -0.146. The molecule has 0 N–H and O–H groups in total. The number of rotatable bonds is 8. The van der Waals surface area contributed by atoms with Gasteiger partial charge in [0.1, 0.15) is 5.92 Å². The fraction of sp³-hybridized carbons (Fsp3) is 0.278. The van der Waals surface area contributed by atoms with E-state index >= 15 is 0 Å². The molecule has 5 heteroatoms. The lowest BCUT2D eigenvalue weighted by Gasteiger charge is -2.14. The summed E-state index contributed by atoms with van der Waals surface area (Å²) in [5.74, 6) is -1.88. The molecule has 1 unspecified atom stereocenters. The highest BCUT2D eigenvalue weighted by molar-refractivity contribution is 7.12. The molecule has 0 fully saturated rings. The van der Waals surface area contributed by atoms with Crippen LogP contribution in [0.2, 0.25) is 0 Å². The average Bonchev–Trinajstić information content (AvgIpc) is 3.10. The van der Waals surface area contributed by atoms with Crippen LogP contribution in [-0.2, 0) is 9.53 Å². The molecule has 0 saturated heterocycles. The van der Waals surface area contributed by atoms with Crippen molar-refractivity contribution >= 4 is 28.9 Å². The highest BCUT2D eigenvalue weighted by Gasteiger charge is 2.29. The minimum Gasteiger partial charge on any atom is -0.465 e.